The van der Waals surface area contributed by atoms with Gasteiger partial charge in [-0.25, -0.2) is 0 Å². The molecule has 0 amide bonds. The van der Waals surface area contributed by atoms with Gasteiger partial charge in [0.25, 0.3) is 0 Å². The van der Waals surface area contributed by atoms with Crippen molar-refractivity contribution in [3.8, 4) is 5.75 Å². The van der Waals surface area contributed by atoms with Crippen LogP contribution in [0.3, 0.4) is 0 Å². The van der Waals surface area contributed by atoms with Crippen LogP contribution in [0, 0.1) is 0 Å². The number of benzene rings is 2. The second kappa shape index (κ2) is 9.19. The second-order valence-electron chi connectivity index (χ2n) is 5.20. The Labute approximate surface area is 146 Å². The molecule has 0 bridgehead atoms. The first-order valence-electron chi connectivity index (χ1n) is 7.55. The number of nitrogens with one attached hydrogen (secondary N) is 1. The van der Waals surface area contributed by atoms with Crippen LogP contribution in [0.15, 0.2) is 46.9 Å². The average molecular weight is 383 g/mol. The lowest BCUT2D eigenvalue weighted by Crippen LogP contribution is -2.15. The summed E-state index contributed by atoms with van der Waals surface area (Å²) in [6.07, 6.45) is 2.39. The molecule has 0 aliphatic rings. The standard InChI is InChI=1S/C18H21BrClNO/c1-2-3-10-21-12-15-11-16(19)6-9-18(15)22-13-14-4-7-17(20)8-5-14/h4-9,11,21H,2-3,10,12-13H2,1H3. The van der Waals surface area contributed by atoms with Crippen molar-refractivity contribution in [2.75, 3.05) is 6.54 Å². The molecule has 0 radical (unpaired) electrons. The maximum Gasteiger partial charge on any atom is 0.124 e. The molecule has 0 saturated heterocycles. The maximum atomic E-state index is 5.97. The van der Waals surface area contributed by atoms with Crippen molar-refractivity contribution < 1.29 is 4.74 Å². The van der Waals surface area contributed by atoms with Crippen LogP contribution in [-0.4, -0.2) is 6.54 Å². The van der Waals surface area contributed by atoms with Crippen LogP contribution in [0.1, 0.15) is 30.9 Å². The Balaban J connectivity index is 1.98. The first-order chi connectivity index (χ1) is 10.7. The summed E-state index contributed by atoms with van der Waals surface area (Å²) in [6.45, 7) is 4.58. The maximum absolute atomic E-state index is 5.97. The minimum atomic E-state index is 0.542. The number of hydrogen-bond donors (Lipinski definition) is 1. The molecule has 2 nitrogen and oxygen atoms in total. The summed E-state index contributed by atoms with van der Waals surface area (Å²) < 4.78 is 7.04. The summed E-state index contributed by atoms with van der Waals surface area (Å²) in [7, 11) is 0. The van der Waals surface area contributed by atoms with Crippen LogP contribution in [0.5, 0.6) is 5.75 Å². The van der Waals surface area contributed by atoms with E-state index in [-0.39, 0.29) is 0 Å². The Bertz CT molecular complexity index is 586. The van der Waals surface area contributed by atoms with Gasteiger partial charge in [-0.2, -0.15) is 0 Å². The van der Waals surface area contributed by atoms with Crippen molar-refractivity contribution in [1.29, 1.82) is 0 Å². The zero-order valence-corrected chi connectivity index (χ0v) is 15.1. The smallest absolute Gasteiger partial charge is 0.124 e. The molecular weight excluding hydrogens is 362 g/mol. The van der Waals surface area contributed by atoms with E-state index in [2.05, 4.69) is 34.2 Å². The van der Waals surface area contributed by atoms with Crippen LogP contribution in [-0.2, 0) is 13.2 Å². The third kappa shape index (κ3) is 5.64. The molecule has 0 heterocycles. The van der Waals surface area contributed by atoms with Crippen molar-refractivity contribution in [3.63, 3.8) is 0 Å². The summed E-state index contributed by atoms with van der Waals surface area (Å²) in [5.74, 6) is 0.919. The molecule has 2 aromatic rings. The fourth-order valence-electron chi connectivity index (χ4n) is 2.09. The predicted molar refractivity (Wildman–Crippen MR) is 96.5 cm³/mol. The van der Waals surface area contributed by atoms with Crippen molar-refractivity contribution in [3.05, 3.63) is 63.1 Å². The lowest BCUT2D eigenvalue weighted by Gasteiger charge is -2.13. The first kappa shape index (κ1) is 17.3. The number of halogens is 2. The van der Waals surface area contributed by atoms with Gasteiger partial charge in [-0.1, -0.05) is 53.0 Å². The van der Waals surface area contributed by atoms with E-state index < -0.39 is 0 Å². The number of rotatable bonds is 8. The summed E-state index contributed by atoms with van der Waals surface area (Å²) in [4.78, 5) is 0. The normalized spacial score (nSPS) is 10.7. The Morgan fingerprint density at radius 3 is 2.64 bits per heavy atom. The van der Waals surface area contributed by atoms with Gasteiger partial charge in [0.15, 0.2) is 0 Å². The molecule has 22 heavy (non-hydrogen) atoms. The van der Waals surface area contributed by atoms with Crippen LogP contribution in [0.2, 0.25) is 5.02 Å². The van der Waals surface area contributed by atoms with Gasteiger partial charge in [-0.05, 0) is 48.9 Å². The van der Waals surface area contributed by atoms with Crippen LogP contribution in [0.25, 0.3) is 0 Å². The molecule has 0 saturated carbocycles. The Hall–Kier alpha value is -1.03. The SMILES string of the molecule is CCCCNCc1cc(Br)ccc1OCc1ccc(Cl)cc1. The fraction of sp³-hybridized carbons (Fsp3) is 0.333. The predicted octanol–water partition coefficient (Wildman–Crippen LogP) is 5.57. The van der Waals surface area contributed by atoms with E-state index in [9.17, 15) is 0 Å². The van der Waals surface area contributed by atoms with Gasteiger partial charge in [0.1, 0.15) is 12.4 Å². The van der Waals surface area contributed by atoms with E-state index in [1.165, 1.54) is 18.4 Å². The minimum Gasteiger partial charge on any atom is -0.489 e. The summed E-state index contributed by atoms with van der Waals surface area (Å²) in [6, 6.07) is 13.9. The fourth-order valence-corrected chi connectivity index (χ4v) is 2.63. The van der Waals surface area contributed by atoms with E-state index in [1.54, 1.807) is 0 Å². The number of unbranched alkanes of at least 4 members (excludes halogenated alkanes) is 1. The second-order valence-corrected chi connectivity index (χ2v) is 6.55. The van der Waals surface area contributed by atoms with Gasteiger partial charge in [0, 0.05) is 21.6 Å². The molecule has 0 unspecified atom stereocenters. The first-order valence-corrected chi connectivity index (χ1v) is 8.72. The van der Waals surface area contributed by atoms with Gasteiger partial charge < -0.3 is 10.1 Å². The Kier molecular flexibility index (Phi) is 7.23. The lowest BCUT2D eigenvalue weighted by molar-refractivity contribution is 0.302. The molecule has 2 aromatic carbocycles. The van der Waals surface area contributed by atoms with Crippen molar-refractivity contribution in [1.82, 2.24) is 5.32 Å². The van der Waals surface area contributed by atoms with Gasteiger partial charge in [0.05, 0.1) is 0 Å². The molecule has 0 aliphatic heterocycles. The summed E-state index contributed by atoms with van der Waals surface area (Å²) in [5.41, 5.74) is 2.27. The molecule has 0 spiro atoms. The molecule has 0 atom stereocenters. The van der Waals surface area contributed by atoms with Gasteiger partial charge in [-0.15, -0.1) is 0 Å². The molecule has 4 heteroatoms. The number of ether oxygens (including phenoxy) is 1. The number of hydrogen-bond acceptors (Lipinski definition) is 2. The Morgan fingerprint density at radius 1 is 1.14 bits per heavy atom. The third-order valence-corrected chi connectivity index (χ3v) is 4.10. The highest BCUT2D eigenvalue weighted by Gasteiger charge is 2.05. The van der Waals surface area contributed by atoms with Crippen LogP contribution < -0.4 is 10.1 Å². The third-order valence-electron chi connectivity index (χ3n) is 3.35. The summed E-state index contributed by atoms with van der Waals surface area (Å²) in [5, 5.41) is 4.20. The van der Waals surface area contributed by atoms with Crippen LogP contribution >= 0.6 is 27.5 Å². The highest BCUT2D eigenvalue weighted by molar-refractivity contribution is 9.10. The quantitative estimate of drug-likeness (QED) is 0.602. The molecule has 1 N–H and O–H groups in total. The molecule has 118 valence electrons. The van der Waals surface area contributed by atoms with Crippen LogP contribution in [0.4, 0.5) is 0 Å². The minimum absolute atomic E-state index is 0.542. The monoisotopic (exact) mass is 381 g/mol. The van der Waals surface area contributed by atoms with E-state index in [0.717, 1.165) is 33.9 Å². The molecule has 0 aliphatic carbocycles. The molecule has 0 aromatic heterocycles. The highest BCUT2D eigenvalue weighted by Crippen LogP contribution is 2.24. The van der Waals surface area contributed by atoms with E-state index in [1.807, 2.05) is 36.4 Å². The summed E-state index contributed by atoms with van der Waals surface area (Å²) >= 11 is 9.43. The van der Waals surface area contributed by atoms with Gasteiger partial charge >= 0.3 is 0 Å². The molecular formula is C18H21BrClNO. The largest absolute Gasteiger partial charge is 0.489 e. The highest BCUT2D eigenvalue weighted by atomic mass is 79.9. The average Bonchev–Trinajstić information content (AvgIpc) is 2.52. The van der Waals surface area contributed by atoms with E-state index >= 15 is 0 Å². The van der Waals surface area contributed by atoms with Crippen molar-refractivity contribution in [2.24, 2.45) is 0 Å². The zero-order chi connectivity index (χ0) is 15.8. The van der Waals surface area contributed by atoms with E-state index in [0.29, 0.717) is 6.61 Å². The lowest BCUT2D eigenvalue weighted by atomic mass is 10.2. The van der Waals surface area contributed by atoms with Gasteiger partial charge in [-0.3, -0.25) is 0 Å². The van der Waals surface area contributed by atoms with Gasteiger partial charge in [0.2, 0.25) is 0 Å². The van der Waals surface area contributed by atoms with Crippen molar-refractivity contribution in [2.45, 2.75) is 32.9 Å². The Morgan fingerprint density at radius 2 is 1.91 bits per heavy atom. The molecule has 0 fully saturated rings. The molecule has 2 rings (SSSR count). The van der Waals surface area contributed by atoms with E-state index in [4.69, 9.17) is 16.3 Å². The zero-order valence-electron chi connectivity index (χ0n) is 12.7. The van der Waals surface area contributed by atoms with Crippen molar-refractivity contribution >= 4 is 27.5 Å². The topological polar surface area (TPSA) is 21.3 Å².